The number of hydrogen-bond acceptors (Lipinski definition) is 5. The highest BCUT2D eigenvalue weighted by Gasteiger charge is 2.55. The normalized spacial score (nSPS) is 15.3. The number of anilines is 1. The lowest BCUT2D eigenvalue weighted by atomic mass is 9.81. The van der Waals surface area contributed by atoms with E-state index in [1.54, 1.807) is 18.4 Å². The minimum Gasteiger partial charge on any atom is -0.466 e. The van der Waals surface area contributed by atoms with E-state index in [0.29, 0.717) is 11.3 Å². The van der Waals surface area contributed by atoms with Crippen molar-refractivity contribution >= 4 is 11.7 Å². The first-order chi connectivity index (χ1) is 18.1. The van der Waals surface area contributed by atoms with Gasteiger partial charge in [0.15, 0.2) is 5.76 Å². The fourth-order valence-electron chi connectivity index (χ4n) is 5.08. The van der Waals surface area contributed by atoms with Gasteiger partial charge in [-0.1, -0.05) is 60.7 Å². The number of benzene rings is 3. The monoisotopic (exact) mass is 499 g/mol. The summed E-state index contributed by atoms with van der Waals surface area (Å²) >= 11 is 0. The molecule has 5 nitrogen and oxygen atoms in total. The molecule has 0 fully saturated rings. The molecule has 1 heterocycles. The molecular weight excluding hydrogens is 469 g/mol. The van der Waals surface area contributed by atoms with Crippen LogP contribution in [-0.4, -0.2) is 13.1 Å². The minimum atomic E-state index is -1.69. The van der Waals surface area contributed by atoms with E-state index in [0.717, 1.165) is 48.1 Å². The lowest BCUT2D eigenvalue weighted by molar-refractivity contribution is -0.180. The zero-order valence-corrected chi connectivity index (χ0v) is 20.8. The first-order valence-corrected chi connectivity index (χ1v) is 12.5. The van der Waals surface area contributed by atoms with Crippen LogP contribution in [0.25, 0.3) is 0 Å². The Balaban J connectivity index is 1.72. The molecule has 37 heavy (non-hydrogen) atoms. The summed E-state index contributed by atoms with van der Waals surface area (Å²) in [6.07, 6.45) is 5.43. The molecule has 0 saturated carbocycles. The quantitative estimate of drug-likeness (QED) is 0.259. The summed E-state index contributed by atoms with van der Waals surface area (Å²) in [5, 5.41) is 3.49. The van der Waals surface area contributed by atoms with Crippen LogP contribution in [0.1, 0.15) is 46.9 Å². The van der Waals surface area contributed by atoms with Crippen molar-refractivity contribution in [2.24, 2.45) is 0 Å². The summed E-state index contributed by atoms with van der Waals surface area (Å²) in [5.74, 6) is -0.530. The van der Waals surface area contributed by atoms with Crippen molar-refractivity contribution < 1.29 is 23.1 Å². The fraction of sp³-hybridized carbons (Fsp3) is 0.258. The number of carbonyl (C=O) groups excluding carboxylic acids is 1. The fourth-order valence-corrected chi connectivity index (χ4v) is 5.08. The second kappa shape index (κ2) is 11.0. The molecule has 1 aliphatic rings. The number of nitrogens with one attached hydrogen (secondary N) is 1. The van der Waals surface area contributed by atoms with Crippen molar-refractivity contribution in [2.45, 2.75) is 43.9 Å². The number of hydrogen-bond donors (Lipinski definition) is 1. The van der Waals surface area contributed by atoms with E-state index >= 15 is 0 Å². The van der Waals surface area contributed by atoms with Gasteiger partial charge in [0.1, 0.15) is 5.82 Å². The van der Waals surface area contributed by atoms with Crippen LogP contribution in [0.2, 0.25) is 0 Å². The Morgan fingerprint density at radius 3 is 2.35 bits per heavy atom. The van der Waals surface area contributed by atoms with E-state index in [4.69, 9.17) is 13.9 Å². The number of para-hydroxylation sites is 1. The summed E-state index contributed by atoms with van der Waals surface area (Å²) in [4.78, 5) is 14.0. The van der Waals surface area contributed by atoms with Gasteiger partial charge >= 0.3 is 5.97 Å². The summed E-state index contributed by atoms with van der Waals surface area (Å²) < 4.78 is 32.3. The maximum atomic E-state index is 14.0. The van der Waals surface area contributed by atoms with Crippen LogP contribution in [0.3, 0.4) is 0 Å². The highest BCUT2D eigenvalue weighted by atomic mass is 19.1. The van der Waals surface area contributed by atoms with Crippen LogP contribution in [0.5, 0.6) is 0 Å². The number of ether oxygens (including phenoxy) is 2. The molecule has 1 N–H and O–H groups in total. The average molecular weight is 500 g/mol. The van der Waals surface area contributed by atoms with Gasteiger partial charge in [0.05, 0.1) is 26.0 Å². The number of carbonyl (C=O) groups is 1. The molecule has 4 aromatic rings. The zero-order valence-electron chi connectivity index (χ0n) is 20.8. The molecule has 0 saturated heterocycles. The zero-order chi connectivity index (χ0) is 25.7. The second-order valence-electron chi connectivity index (χ2n) is 9.27. The van der Waals surface area contributed by atoms with E-state index in [9.17, 15) is 9.18 Å². The highest BCUT2D eigenvalue weighted by Crippen LogP contribution is 2.46. The van der Waals surface area contributed by atoms with Crippen molar-refractivity contribution in [3.05, 3.63) is 125 Å². The Morgan fingerprint density at radius 1 is 0.973 bits per heavy atom. The van der Waals surface area contributed by atoms with Gasteiger partial charge in [0, 0.05) is 11.3 Å². The average Bonchev–Trinajstić information content (AvgIpc) is 3.39. The summed E-state index contributed by atoms with van der Waals surface area (Å²) in [5.41, 5.74) is 2.69. The lowest BCUT2D eigenvalue weighted by Gasteiger charge is -2.38. The van der Waals surface area contributed by atoms with Crippen LogP contribution in [0.4, 0.5) is 10.1 Å². The Labute approximate surface area is 216 Å². The van der Waals surface area contributed by atoms with Crippen LogP contribution in [-0.2, 0) is 39.3 Å². The number of rotatable bonds is 9. The third kappa shape index (κ3) is 5.02. The summed E-state index contributed by atoms with van der Waals surface area (Å²) in [6, 6.07) is 24.5. The molecule has 5 rings (SSSR count). The highest BCUT2D eigenvalue weighted by molar-refractivity contribution is 5.83. The molecule has 0 bridgehead atoms. The van der Waals surface area contributed by atoms with Crippen molar-refractivity contribution in [1.29, 1.82) is 0 Å². The SMILES string of the molecule is COC(=O)[C@@](OCc1ccccc1)(c1occ2c1CCCC2)[C@H](Nc1ccccc1)c1ccc(F)cc1. The van der Waals surface area contributed by atoms with Gasteiger partial charge in [-0.15, -0.1) is 0 Å². The molecular formula is C31H30FNO4. The summed E-state index contributed by atoms with van der Waals surface area (Å²) in [7, 11) is 1.35. The van der Waals surface area contributed by atoms with Crippen LogP contribution < -0.4 is 5.32 Å². The van der Waals surface area contributed by atoms with E-state index in [1.807, 2.05) is 60.7 Å². The second-order valence-corrected chi connectivity index (χ2v) is 9.27. The number of aryl methyl sites for hydroxylation is 1. The van der Waals surface area contributed by atoms with Gasteiger partial charge < -0.3 is 19.2 Å². The smallest absolute Gasteiger partial charge is 0.348 e. The Kier molecular flexibility index (Phi) is 7.37. The van der Waals surface area contributed by atoms with E-state index in [2.05, 4.69) is 5.32 Å². The van der Waals surface area contributed by atoms with Gasteiger partial charge in [0.25, 0.3) is 0 Å². The maximum absolute atomic E-state index is 14.0. The number of fused-ring (bicyclic) bond motifs is 1. The van der Waals surface area contributed by atoms with Crippen LogP contribution in [0, 0.1) is 5.82 Å². The molecule has 2 atom stereocenters. The predicted octanol–water partition coefficient (Wildman–Crippen LogP) is 6.74. The number of methoxy groups -OCH3 is 1. The molecule has 0 amide bonds. The molecule has 1 aromatic heterocycles. The third-order valence-corrected chi connectivity index (χ3v) is 6.93. The van der Waals surface area contributed by atoms with Crippen LogP contribution in [0.15, 0.2) is 95.6 Å². The number of furan rings is 1. The van der Waals surface area contributed by atoms with Crippen molar-refractivity contribution in [3.63, 3.8) is 0 Å². The van der Waals surface area contributed by atoms with Gasteiger partial charge in [-0.25, -0.2) is 9.18 Å². The Bertz CT molecular complexity index is 1320. The molecule has 6 heteroatoms. The lowest BCUT2D eigenvalue weighted by Crippen LogP contribution is -2.48. The molecule has 0 unspecified atom stereocenters. The minimum absolute atomic E-state index is 0.138. The van der Waals surface area contributed by atoms with E-state index < -0.39 is 17.6 Å². The Morgan fingerprint density at radius 2 is 1.65 bits per heavy atom. The largest absolute Gasteiger partial charge is 0.466 e. The first-order valence-electron chi connectivity index (χ1n) is 12.5. The van der Waals surface area contributed by atoms with E-state index in [-0.39, 0.29) is 12.4 Å². The van der Waals surface area contributed by atoms with E-state index in [1.165, 1.54) is 19.2 Å². The van der Waals surface area contributed by atoms with Crippen molar-refractivity contribution in [1.82, 2.24) is 0 Å². The molecule has 190 valence electrons. The third-order valence-electron chi connectivity index (χ3n) is 6.93. The molecule has 3 aromatic carbocycles. The van der Waals surface area contributed by atoms with Crippen molar-refractivity contribution in [3.8, 4) is 0 Å². The van der Waals surface area contributed by atoms with Gasteiger partial charge in [-0.05, 0) is 66.6 Å². The van der Waals surface area contributed by atoms with Crippen LogP contribution >= 0.6 is 0 Å². The molecule has 0 radical (unpaired) electrons. The first kappa shape index (κ1) is 24.8. The maximum Gasteiger partial charge on any atom is 0.348 e. The van der Waals surface area contributed by atoms with Crippen molar-refractivity contribution in [2.75, 3.05) is 12.4 Å². The molecule has 1 aliphatic carbocycles. The number of esters is 1. The topological polar surface area (TPSA) is 60.7 Å². The van der Waals surface area contributed by atoms with Gasteiger partial charge in [-0.3, -0.25) is 0 Å². The summed E-state index contributed by atoms with van der Waals surface area (Å²) in [6.45, 7) is 0.138. The van der Waals surface area contributed by atoms with Gasteiger partial charge in [-0.2, -0.15) is 0 Å². The predicted molar refractivity (Wildman–Crippen MR) is 139 cm³/mol. The molecule has 0 spiro atoms. The van der Waals surface area contributed by atoms with Gasteiger partial charge in [0.2, 0.25) is 5.60 Å². The Hall–Kier alpha value is -3.90. The molecule has 0 aliphatic heterocycles. The standard InChI is InChI=1S/C31H30FNO4/c1-35-30(34)31(37-20-22-10-4-2-5-11-22,29-27-15-9-8-12-24(27)21-36-29)28(23-16-18-25(32)19-17-23)33-26-13-6-3-7-14-26/h2-7,10-11,13-14,16-19,21,28,33H,8-9,12,15,20H2,1H3/t28-,31+/m1/s1. The number of halogens is 1.